The van der Waals surface area contributed by atoms with E-state index >= 15 is 0 Å². The monoisotopic (exact) mass is 342 g/mol. The number of benzene rings is 1. The quantitative estimate of drug-likeness (QED) is 0.620. The van der Waals surface area contributed by atoms with E-state index in [2.05, 4.69) is 10.3 Å². The van der Waals surface area contributed by atoms with Crippen LogP contribution >= 0.6 is 23.2 Å². The molecule has 0 unspecified atom stereocenters. The molecule has 0 aliphatic carbocycles. The van der Waals surface area contributed by atoms with Gasteiger partial charge in [0.15, 0.2) is 0 Å². The minimum atomic E-state index is -0.463. The predicted octanol–water partition coefficient (Wildman–Crippen LogP) is 3.51. The molecular weight excluding hydrogens is 327 g/mol. The summed E-state index contributed by atoms with van der Waals surface area (Å²) < 4.78 is 5.05. The third kappa shape index (κ3) is 3.43. The summed E-state index contributed by atoms with van der Waals surface area (Å²) >= 11 is 12.2. The second kappa shape index (κ2) is 7.63. The van der Waals surface area contributed by atoms with Crippen LogP contribution in [0.2, 0.25) is 10.0 Å². The summed E-state index contributed by atoms with van der Waals surface area (Å²) in [4.78, 5) is 16.3. The van der Waals surface area contributed by atoms with Gasteiger partial charge in [-0.15, -0.1) is 0 Å². The number of nitrogens with one attached hydrogen (secondary N) is 1. The third-order valence-corrected chi connectivity index (χ3v) is 3.86. The summed E-state index contributed by atoms with van der Waals surface area (Å²) in [5.74, 6) is -0.463. The van der Waals surface area contributed by atoms with E-state index in [0.29, 0.717) is 45.2 Å². The fourth-order valence-corrected chi connectivity index (χ4v) is 2.42. The molecular formula is C15H16Cl2N2O3. The number of rotatable bonds is 6. The summed E-state index contributed by atoms with van der Waals surface area (Å²) in [6.45, 7) is 2.57. The molecule has 1 aromatic heterocycles. The number of pyridine rings is 1. The molecule has 0 bridgehead atoms. The van der Waals surface area contributed by atoms with E-state index in [-0.39, 0.29) is 13.2 Å². The Bertz CT molecular complexity index is 692. The highest BCUT2D eigenvalue weighted by molar-refractivity contribution is 6.45. The Morgan fingerprint density at radius 3 is 2.86 bits per heavy atom. The van der Waals surface area contributed by atoms with Gasteiger partial charge in [0, 0.05) is 24.7 Å². The first kappa shape index (κ1) is 16.8. The smallest absolute Gasteiger partial charge is 0.341 e. The minimum Gasteiger partial charge on any atom is -0.462 e. The molecule has 0 aliphatic rings. The molecule has 0 radical (unpaired) electrons. The van der Waals surface area contributed by atoms with Crippen LogP contribution in [-0.2, 0) is 4.74 Å². The van der Waals surface area contributed by atoms with Crippen molar-refractivity contribution < 1.29 is 14.6 Å². The molecule has 0 aliphatic heterocycles. The van der Waals surface area contributed by atoms with Crippen molar-refractivity contribution >= 4 is 45.8 Å². The average Bonchev–Trinajstić information content (AvgIpc) is 2.51. The van der Waals surface area contributed by atoms with Crippen LogP contribution in [0.25, 0.3) is 10.9 Å². The molecule has 118 valence electrons. The summed E-state index contributed by atoms with van der Waals surface area (Å²) in [6.07, 6.45) is 1.97. The van der Waals surface area contributed by atoms with Gasteiger partial charge in [-0.1, -0.05) is 23.2 Å². The molecule has 0 fully saturated rings. The number of fused-ring (bicyclic) bond motifs is 1. The molecule has 1 heterocycles. The first-order valence-corrected chi connectivity index (χ1v) is 7.64. The number of anilines is 1. The highest BCUT2D eigenvalue weighted by Crippen LogP contribution is 2.34. The fraction of sp³-hybridized carbons (Fsp3) is 0.333. The number of aliphatic hydroxyl groups is 1. The van der Waals surface area contributed by atoms with Gasteiger partial charge in [-0.05, 0) is 25.5 Å². The van der Waals surface area contributed by atoms with Crippen molar-refractivity contribution in [3.8, 4) is 0 Å². The Morgan fingerprint density at radius 2 is 2.18 bits per heavy atom. The minimum absolute atomic E-state index is 0.0529. The third-order valence-electron chi connectivity index (χ3n) is 3.06. The molecule has 0 atom stereocenters. The maximum absolute atomic E-state index is 12.1. The zero-order chi connectivity index (χ0) is 16.1. The van der Waals surface area contributed by atoms with Crippen LogP contribution < -0.4 is 5.32 Å². The van der Waals surface area contributed by atoms with Gasteiger partial charge in [0.1, 0.15) is 5.56 Å². The van der Waals surface area contributed by atoms with E-state index in [9.17, 15) is 4.79 Å². The molecule has 0 saturated heterocycles. The zero-order valence-electron chi connectivity index (χ0n) is 12.0. The number of nitrogens with zero attached hydrogens (tertiary/aromatic N) is 1. The molecule has 0 saturated carbocycles. The number of halogens is 2. The summed E-state index contributed by atoms with van der Waals surface area (Å²) in [5.41, 5.74) is 1.41. The summed E-state index contributed by atoms with van der Waals surface area (Å²) in [7, 11) is 0. The number of hydrogen-bond donors (Lipinski definition) is 2. The second-order valence-corrected chi connectivity index (χ2v) is 5.31. The summed E-state index contributed by atoms with van der Waals surface area (Å²) in [5, 5.41) is 13.5. The maximum Gasteiger partial charge on any atom is 0.341 e. The molecule has 0 amide bonds. The molecule has 0 spiro atoms. The number of aliphatic hydroxyl groups excluding tert-OH is 1. The van der Waals surface area contributed by atoms with E-state index in [1.165, 1.54) is 6.20 Å². The zero-order valence-corrected chi connectivity index (χ0v) is 13.5. The van der Waals surface area contributed by atoms with Crippen LogP contribution in [0.4, 0.5) is 5.69 Å². The van der Waals surface area contributed by atoms with Crippen LogP contribution in [-0.4, -0.2) is 35.8 Å². The molecule has 1 aromatic carbocycles. The Labute approximate surface area is 138 Å². The van der Waals surface area contributed by atoms with Gasteiger partial charge in [0.2, 0.25) is 0 Å². The molecule has 2 N–H and O–H groups in total. The van der Waals surface area contributed by atoms with Crippen LogP contribution in [0.1, 0.15) is 23.7 Å². The van der Waals surface area contributed by atoms with Gasteiger partial charge >= 0.3 is 5.97 Å². The molecule has 2 aromatic rings. The van der Waals surface area contributed by atoms with Gasteiger partial charge in [-0.2, -0.15) is 0 Å². The van der Waals surface area contributed by atoms with Crippen molar-refractivity contribution in [3.63, 3.8) is 0 Å². The number of esters is 1. The Hall–Kier alpha value is -1.56. The lowest BCUT2D eigenvalue weighted by Crippen LogP contribution is -2.12. The van der Waals surface area contributed by atoms with Crippen molar-refractivity contribution in [1.29, 1.82) is 0 Å². The standard InChI is InChI=1S/C15H16Cl2N2O3/c1-2-22-15(21)10-8-19-14-9(4-5-11(16)12(14)17)13(10)18-6-3-7-20/h4-5,8,20H,2-3,6-7H2,1H3,(H,18,19). The van der Waals surface area contributed by atoms with E-state index in [4.69, 9.17) is 33.0 Å². The van der Waals surface area contributed by atoms with E-state index in [0.717, 1.165) is 0 Å². The molecule has 22 heavy (non-hydrogen) atoms. The van der Waals surface area contributed by atoms with Crippen molar-refractivity contribution in [2.24, 2.45) is 0 Å². The fourth-order valence-electron chi connectivity index (χ4n) is 2.05. The lowest BCUT2D eigenvalue weighted by molar-refractivity contribution is 0.0527. The number of hydrogen-bond acceptors (Lipinski definition) is 5. The SMILES string of the molecule is CCOC(=O)c1cnc2c(Cl)c(Cl)ccc2c1NCCCO. The molecule has 2 rings (SSSR count). The maximum atomic E-state index is 12.1. The van der Waals surface area contributed by atoms with E-state index in [1.54, 1.807) is 19.1 Å². The Morgan fingerprint density at radius 1 is 1.41 bits per heavy atom. The van der Waals surface area contributed by atoms with E-state index in [1.807, 2.05) is 0 Å². The van der Waals surface area contributed by atoms with Crippen LogP contribution in [0.5, 0.6) is 0 Å². The highest BCUT2D eigenvalue weighted by Gasteiger charge is 2.18. The highest BCUT2D eigenvalue weighted by atomic mass is 35.5. The van der Waals surface area contributed by atoms with Crippen LogP contribution in [0.3, 0.4) is 0 Å². The van der Waals surface area contributed by atoms with Crippen molar-refractivity contribution in [2.45, 2.75) is 13.3 Å². The van der Waals surface area contributed by atoms with Gasteiger partial charge in [-0.25, -0.2) is 4.79 Å². The van der Waals surface area contributed by atoms with Gasteiger partial charge in [-0.3, -0.25) is 4.98 Å². The molecule has 5 nitrogen and oxygen atoms in total. The van der Waals surface area contributed by atoms with E-state index < -0.39 is 5.97 Å². The van der Waals surface area contributed by atoms with Crippen LogP contribution in [0, 0.1) is 0 Å². The lowest BCUT2D eigenvalue weighted by atomic mass is 10.1. The first-order chi connectivity index (χ1) is 10.6. The average molecular weight is 343 g/mol. The number of ether oxygens (including phenoxy) is 1. The van der Waals surface area contributed by atoms with Gasteiger partial charge in [0.25, 0.3) is 0 Å². The first-order valence-electron chi connectivity index (χ1n) is 6.88. The van der Waals surface area contributed by atoms with Crippen molar-refractivity contribution in [2.75, 3.05) is 25.1 Å². The van der Waals surface area contributed by atoms with Crippen molar-refractivity contribution in [3.05, 3.63) is 33.9 Å². The lowest BCUT2D eigenvalue weighted by Gasteiger charge is -2.14. The van der Waals surface area contributed by atoms with Gasteiger partial charge in [0.05, 0.1) is 27.9 Å². The Kier molecular flexibility index (Phi) is 5.83. The summed E-state index contributed by atoms with van der Waals surface area (Å²) in [6, 6.07) is 3.40. The Balaban J connectivity index is 2.56. The van der Waals surface area contributed by atoms with Crippen LogP contribution in [0.15, 0.2) is 18.3 Å². The van der Waals surface area contributed by atoms with Gasteiger partial charge < -0.3 is 15.2 Å². The normalized spacial score (nSPS) is 10.7. The number of carbonyl (C=O) groups excluding carboxylic acids is 1. The number of carbonyl (C=O) groups is 1. The number of aromatic nitrogens is 1. The topological polar surface area (TPSA) is 71.5 Å². The largest absolute Gasteiger partial charge is 0.462 e. The molecule has 7 heteroatoms. The van der Waals surface area contributed by atoms with Crippen molar-refractivity contribution in [1.82, 2.24) is 4.98 Å². The second-order valence-electron chi connectivity index (χ2n) is 4.53. The predicted molar refractivity (Wildman–Crippen MR) is 87.9 cm³/mol.